The predicted molar refractivity (Wildman–Crippen MR) is 109 cm³/mol. The van der Waals surface area contributed by atoms with Crippen molar-refractivity contribution in [1.82, 2.24) is 10.3 Å². The van der Waals surface area contributed by atoms with Crippen molar-refractivity contribution < 1.29 is 24.5 Å². The number of carbonyl (C=O) groups is 2. The molecule has 2 aromatic rings. The monoisotopic (exact) mass is 391 g/mol. The van der Waals surface area contributed by atoms with Crippen molar-refractivity contribution in [2.75, 3.05) is 25.5 Å². The lowest BCUT2D eigenvalue weighted by Gasteiger charge is -2.17. The minimum Gasteiger partial charge on any atom is -0.497 e. The van der Waals surface area contributed by atoms with Crippen molar-refractivity contribution in [2.45, 2.75) is 39.2 Å². The normalized spacial score (nSPS) is 11.2. The number of pyridine rings is 1. The molecule has 1 atom stereocenters. The van der Waals surface area contributed by atoms with Gasteiger partial charge in [-0.25, -0.2) is 9.59 Å². The van der Waals surface area contributed by atoms with E-state index in [4.69, 9.17) is 24.5 Å². The minimum absolute atomic E-state index is 0.403. The lowest BCUT2D eigenvalue weighted by atomic mass is 10.1. The summed E-state index contributed by atoms with van der Waals surface area (Å²) in [6, 6.07) is 8.47. The van der Waals surface area contributed by atoms with E-state index in [-0.39, 0.29) is 0 Å². The third-order valence-electron chi connectivity index (χ3n) is 3.92. The molecule has 2 rings (SSSR count). The smallest absolute Gasteiger partial charge is 0.414 e. The van der Waals surface area contributed by atoms with Gasteiger partial charge in [-0.2, -0.15) is 0 Å². The van der Waals surface area contributed by atoms with Crippen molar-refractivity contribution in [1.29, 1.82) is 0 Å². The molecule has 0 aliphatic heterocycles. The number of hydrogen-bond donors (Lipinski definition) is 4. The Balaban J connectivity index is 0.000000568. The Morgan fingerprint density at radius 3 is 2.54 bits per heavy atom. The molecule has 0 saturated heterocycles. The third-order valence-corrected chi connectivity index (χ3v) is 3.92. The fourth-order valence-corrected chi connectivity index (χ4v) is 2.57. The fraction of sp³-hybridized carbons (Fsp3) is 0.450. The molecule has 0 spiro atoms. The highest BCUT2D eigenvalue weighted by Crippen LogP contribution is 2.28. The van der Waals surface area contributed by atoms with Crippen molar-refractivity contribution in [3.05, 3.63) is 30.5 Å². The lowest BCUT2D eigenvalue weighted by molar-refractivity contribution is -0.159. The van der Waals surface area contributed by atoms with E-state index in [1.165, 1.54) is 12.8 Å². The Labute approximate surface area is 164 Å². The van der Waals surface area contributed by atoms with Gasteiger partial charge in [0.2, 0.25) is 0 Å². The Bertz CT molecular complexity index is 755. The van der Waals surface area contributed by atoms with Gasteiger partial charge in [-0.3, -0.25) is 4.98 Å². The number of aromatic nitrogens is 1. The minimum atomic E-state index is -1.82. The Morgan fingerprint density at radius 2 is 1.93 bits per heavy atom. The van der Waals surface area contributed by atoms with Crippen LogP contribution in [0.1, 0.15) is 33.1 Å². The van der Waals surface area contributed by atoms with Crippen LogP contribution in [-0.4, -0.2) is 53.4 Å². The number of rotatable bonds is 9. The average Bonchev–Trinajstić information content (AvgIpc) is 2.68. The van der Waals surface area contributed by atoms with Crippen LogP contribution in [0, 0.1) is 0 Å². The molecule has 0 amide bonds. The predicted octanol–water partition coefficient (Wildman–Crippen LogP) is 2.98. The standard InChI is InChI=1S/C18H27N3O.C2H2O4/c1-4-9-19-10-5-7-14(2)21-17-13-16(22-3)12-15-8-6-11-20-18(15)17;3-1(4)2(5)6/h6,8,11-14,19,21H,4-5,7,9-10H2,1-3H3;(H,3,4)(H,5,6). The SMILES string of the molecule is CCCNCCCC(C)Nc1cc(OC)cc2cccnc12.O=C(O)C(=O)O. The summed E-state index contributed by atoms with van der Waals surface area (Å²) in [5.74, 6) is -2.79. The van der Waals surface area contributed by atoms with Gasteiger partial charge < -0.3 is 25.6 Å². The number of nitrogens with zero attached hydrogens (tertiary/aromatic N) is 1. The Hall–Kier alpha value is -2.87. The summed E-state index contributed by atoms with van der Waals surface area (Å²) in [7, 11) is 1.70. The molecule has 8 nitrogen and oxygen atoms in total. The van der Waals surface area contributed by atoms with Gasteiger partial charge in [0.25, 0.3) is 0 Å². The van der Waals surface area contributed by atoms with Crippen molar-refractivity contribution >= 4 is 28.5 Å². The van der Waals surface area contributed by atoms with Crippen molar-refractivity contribution in [3.8, 4) is 5.75 Å². The second kappa shape index (κ2) is 12.5. The highest BCUT2D eigenvalue weighted by Gasteiger charge is 2.09. The molecule has 1 aromatic heterocycles. The van der Waals surface area contributed by atoms with E-state index in [1.807, 2.05) is 24.4 Å². The number of carboxylic acids is 2. The van der Waals surface area contributed by atoms with Crippen LogP contribution in [-0.2, 0) is 9.59 Å². The van der Waals surface area contributed by atoms with Gasteiger partial charge in [0, 0.05) is 23.7 Å². The summed E-state index contributed by atoms with van der Waals surface area (Å²) in [5, 5.41) is 22.9. The largest absolute Gasteiger partial charge is 0.497 e. The topological polar surface area (TPSA) is 121 Å². The molecule has 0 fully saturated rings. The maximum absolute atomic E-state index is 9.10. The molecule has 1 aromatic carbocycles. The molecule has 154 valence electrons. The number of carboxylic acid groups (broad SMARTS) is 2. The average molecular weight is 391 g/mol. The molecule has 0 aliphatic carbocycles. The summed E-state index contributed by atoms with van der Waals surface area (Å²) in [6.45, 7) is 6.59. The number of hydrogen-bond acceptors (Lipinski definition) is 6. The molecule has 0 radical (unpaired) electrons. The van der Waals surface area contributed by atoms with E-state index in [1.54, 1.807) is 7.11 Å². The maximum Gasteiger partial charge on any atom is 0.414 e. The van der Waals surface area contributed by atoms with Gasteiger partial charge in [0.15, 0.2) is 0 Å². The quantitative estimate of drug-likeness (QED) is 0.380. The van der Waals surface area contributed by atoms with Crippen molar-refractivity contribution in [3.63, 3.8) is 0 Å². The second-order valence-electron chi connectivity index (χ2n) is 6.30. The molecule has 1 heterocycles. The zero-order valence-electron chi connectivity index (χ0n) is 16.6. The first kappa shape index (κ1) is 23.2. The highest BCUT2D eigenvalue weighted by molar-refractivity contribution is 6.27. The van der Waals surface area contributed by atoms with Crippen LogP contribution < -0.4 is 15.4 Å². The zero-order chi connectivity index (χ0) is 20.9. The summed E-state index contributed by atoms with van der Waals surface area (Å²) < 4.78 is 5.39. The van der Waals surface area contributed by atoms with Gasteiger partial charge in [0.1, 0.15) is 5.75 Å². The van der Waals surface area contributed by atoms with E-state index >= 15 is 0 Å². The van der Waals surface area contributed by atoms with Gasteiger partial charge in [-0.05, 0) is 51.4 Å². The van der Waals surface area contributed by atoms with E-state index in [2.05, 4.69) is 35.5 Å². The van der Waals surface area contributed by atoms with Crippen LogP contribution >= 0.6 is 0 Å². The van der Waals surface area contributed by atoms with Crippen LogP contribution in [0.25, 0.3) is 10.9 Å². The maximum atomic E-state index is 9.10. The third kappa shape index (κ3) is 8.22. The van der Waals surface area contributed by atoms with E-state index in [9.17, 15) is 0 Å². The van der Waals surface area contributed by atoms with Gasteiger partial charge in [0.05, 0.1) is 18.3 Å². The molecular weight excluding hydrogens is 362 g/mol. The Kier molecular flexibility index (Phi) is 10.3. The zero-order valence-corrected chi connectivity index (χ0v) is 16.6. The van der Waals surface area contributed by atoms with E-state index < -0.39 is 11.9 Å². The molecular formula is C20H29N3O5. The van der Waals surface area contributed by atoms with Crippen LogP contribution in [0.2, 0.25) is 0 Å². The molecule has 4 N–H and O–H groups in total. The summed E-state index contributed by atoms with van der Waals surface area (Å²) >= 11 is 0. The number of fused-ring (bicyclic) bond motifs is 1. The van der Waals surface area contributed by atoms with Crippen molar-refractivity contribution in [2.24, 2.45) is 0 Å². The van der Waals surface area contributed by atoms with E-state index in [0.29, 0.717) is 6.04 Å². The number of aliphatic carboxylic acids is 2. The number of ether oxygens (including phenoxy) is 1. The van der Waals surface area contributed by atoms with E-state index in [0.717, 1.165) is 41.9 Å². The number of anilines is 1. The first-order chi connectivity index (χ1) is 13.4. The summed E-state index contributed by atoms with van der Waals surface area (Å²) in [4.78, 5) is 22.7. The summed E-state index contributed by atoms with van der Waals surface area (Å²) in [5.41, 5.74) is 2.04. The van der Waals surface area contributed by atoms with Crippen LogP contribution in [0.3, 0.4) is 0 Å². The van der Waals surface area contributed by atoms with Crippen LogP contribution in [0.15, 0.2) is 30.5 Å². The highest BCUT2D eigenvalue weighted by atomic mass is 16.5. The molecule has 8 heteroatoms. The van der Waals surface area contributed by atoms with Gasteiger partial charge in [-0.15, -0.1) is 0 Å². The fourth-order valence-electron chi connectivity index (χ4n) is 2.57. The molecule has 28 heavy (non-hydrogen) atoms. The molecule has 0 bridgehead atoms. The van der Waals surface area contributed by atoms with Gasteiger partial charge in [-0.1, -0.05) is 13.0 Å². The van der Waals surface area contributed by atoms with Crippen LogP contribution in [0.5, 0.6) is 5.75 Å². The molecule has 0 saturated carbocycles. The molecule has 1 unspecified atom stereocenters. The first-order valence-electron chi connectivity index (χ1n) is 9.25. The van der Waals surface area contributed by atoms with Gasteiger partial charge >= 0.3 is 11.9 Å². The Morgan fingerprint density at radius 1 is 1.21 bits per heavy atom. The number of nitrogens with one attached hydrogen (secondary N) is 2. The lowest BCUT2D eigenvalue weighted by Crippen LogP contribution is -2.20. The molecule has 0 aliphatic rings. The van der Waals surface area contributed by atoms with Crippen LogP contribution in [0.4, 0.5) is 5.69 Å². The summed E-state index contributed by atoms with van der Waals surface area (Å²) in [6.07, 6.45) is 5.32. The number of methoxy groups -OCH3 is 1. The number of benzene rings is 1. The first-order valence-corrected chi connectivity index (χ1v) is 9.25. The second-order valence-corrected chi connectivity index (χ2v) is 6.30.